The molecule has 0 bridgehead atoms. The first-order chi connectivity index (χ1) is 5.33. The number of rotatable bonds is 3. The summed E-state index contributed by atoms with van der Waals surface area (Å²) in [5, 5.41) is 8.57. The average Bonchev–Trinajstić information content (AvgIpc) is 2.04. The van der Waals surface area contributed by atoms with Gasteiger partial charge in [0.05, 0.1) is 0 Å². The number of hydrogen-bond acceptors (Lipinski definition) is 1. The van der Waals surface area contributed by atoms with E-state index in [1.165, 1.54) is 5.56 Å². The number of aliphatic hydroxyl groups excluding tert-OH is 1. The number of pyridine rings is 1. The summed E-state index contributed by atoms with van der Waals surface area (Å²) >= 11 is 0. The van der Waals surface area contributed by atoms with E-state index < -0.39 is 0 Å². The molecule has 0 aliphatic carbocycles. The van der Waals surface area contributed by atoms with Crippen molar-refractivity contribution < 1.29 is 22.1 Å². The van der Waals surface area contributed by atoms with Gasteiger partial charge in [-0.25, -0.2) is 4.57 Å². The van der Waals surface area contributed by atoms with Crippen molar-refractivity contribution in [3.63, 3.8) is 0 Å². The second-order valence-electron chi connectivity index (χ2n) is 2.69. The van der Waals surface area contributed by atoms with Gasteiger partial charge in [0.2, 0.25) is 0 Å². The molecule has 3 heteroatoms. The van der Waals surface area contributed by atoms with Crippen LogP contribution in [0.5, 0.6) is 0 Å². The summed E-state index contributed by atoms with van der Waals surface area (Å²) in [6.45, 7) is 3.23. The summed E-state index contributed by atoms with van der Waals surface area (Å²) in [5.74, 6) is 0. The van der Waals surface area contributed by atoms with Crippen LogP contribution in [0.4, 0.5) is 0 Å². The Morgan fingerprint density at radius 2 is 1.92 bits per heavy atom. The highest BCUT2D eigenvalue weighted by atomic mass is 35.5. The lowest BCUT2D eigenvalue weighted by Gasteiger charge is -1.94. The molecule has 0 aliphatic rings. The van der Waals surface area contributed by atoms with Crippen LogP contribution in [0, 0.1) is 6.92 Å². The monoisotopic (exact) mass is 187 g/mol. The second kappa shape index (κ2) is 5.98. The molecule has 2 nitrogen and oxygen atoms in total. The zero-order valence-corrected chi connectivity index (χ0v) is 7.96. The smallest absolute Gasteiger partial charge is 0.169 e. The molecule has 0 saturated carbocycles. The number of aliphatic hydroxyl groups is 1. The van der Waals surface area contributed by atoms with E-state index in [4.69, 9.17) is 5.11 Å². The van der Waals surface area contributed by atoms with Crippen LogP contribution < -0.4 is 17.0 Å². The van der Waals surface area contributed by atoms with Crippen LogP contribution in [-0.2, 0) is 6.54 Å². The first kappa shape index (κ1) is 11.4. The molecule has 1 N–H and O–H groups in total. The Bertz CT molecular complexity index is 210. The van der Waals surface area contributed by atoms with E-state index in [1.54, 1.807) is 0 Å². The quantitative estimate of drug-likeness (QED) is 0.528. The molecule has 1 aromatic heterocycles. The summed E-state index contributed by atoms with van der Waals surface area (Å²) in [5.41, 5.74) is 1.27. The van der Waals surface area contributed by atoms with Crippen molar-refractivity contribution in [1.29, 1.82) is 0 Å². The van der Waals surface area contributed by atoms with Crippen LogP contribution in [0.3, 0.4) is 0 Å². The van der Waals surface area contributed by atoms with Crippen LogP contribution in [0.15, 0.2) is 24.5 Å². The number of hydrogen-bond donors (Lipinski definition) is 1. The Morgan fingerprint density at radius 3 is 2.42 bits per heavy atom. The van der Waals surface area contributed by atoms with Gasteiger partial charge >= 0.3 is 0 Å². The fourth-order valence-electron chi connectivity index (χ4n) is 0.934. The van der Waals surface area contributed by atoms with Crippen molar-refractivity contribution in [3.8, 4) is 0 Å². The first-order valence-corrected chi connectivity index (χ1v) is 3.89. The van der Waals surface area contributed by atoms with E-state index in [1.807, 2.05) is 12.4 Å². The van der Waals surface area contributed by atoms with Crippen molar-refractivity contribution in [2.75, 3.05) is 6.61 Å². The minimum Gasteiger partial charge on any atom is -1.00 e. The van der Waals surface area contributed by atoms with Gasteiger partial charge in [0.25, 0.3) is 0 Å². The van der Waals surface area contributed by atoms with E-state index in [0.29, 0.717) is 0 Å². The maximum absolute atomic E-state index is 8.57. The number of aromatic nitrogens is 1. The Kier molecular flexibility index (Phi) is 5.68. The molecular formula is C9H14ClNO. The maximum atomic E-state index is 8.57. The van der Waals surface area contributed by atoms with Crippen molar-refractivity contribution in [1.82, 2.24) is 0 Å². The lowest BCUT2D eigenvalue weighted by atomic mass is 10.3. The van der Waals surface area contributed by atoms with Gasteiger partial charge in [-0.15, -0.1) is 0 Å². The molecule has 12 heavy (non-hydrogen) atoms. The topological polar surface area (TPSA) is 24.1 Å². The molecule has 1 rings (SSSR count). The molecule has 0 radical (unpaired) electrons. The average molecular weight is 188 g/mol. The molecule has 1 heterocycles. The second-order valence-corrected chi connectivity index (χ2v) is 2.69. The third-order valence-electron chi connectivity index (χ3n) is 1.63. The highest BCUT2D eigenvalue weighted by Crippen LogP contribution is 1.89. The van der Waals surface area contributed by atoms with Gasteiger partial charge < -0.3 is 17.5 Å². The normalized spacial score (nSPS) is 9.17. The SMILES string of the molecule is Cc1cc[n+](CCCO)cc1.[Cl-]. The Labute approximate surface area is 79.3 Å². The lowest BCUT2D eigenvalue weighted by molar-refractivity contribution is -0.697. The van der Waals surface area contributed by atoms with E-state index in [-0.39, 0.29) is 19.0 Å². The zero-order chi connectivity index (χ0) is 8.10. The molecular weight excluding hydrogens is 174 g/mol. The van der Waals surface area contributed by atoms with E-state index in [9.17, 15) is 0 Å². The van der Waals surface area contributed by atoms with Crippen LogP contribution in [0.25, 0.3) is 0 Å². The summed E-state index contributed by atoms with van der Waals surface area (Å²) in [6.07, 6.45) is 4.89. The molecule has 0 spiro atoms. The summed E-state index contributed by atoms with van der Waals surface area (Å²) < 4.78 is 2.07. The molecule has 0 saturated heterocycles. The molecule has 0 fully saturated rings. The third-order valence-corrected chi connectivity index (χ3v) is 1.63. The lowest BCUT2D eigenvalue weighted by Crippen LogP contribution is -3.00. The van der Waals surface area contributed by atoms with E-state index >= 15 is 0 Å². The van der Waals surface area contributed by atoms with Crippen LogP contribution in [0.1, 0.15) is 12.0 Å². The molecule has 0 atom stereocenters. The third kappa shape index (κ3) is 3.69. The molecule has 1 aromatic rings. The summed E-state index contributed by atoms with van der Waals surface area (Å²) in [6, 6.07) is 4.13. The van der Waals surface area contributed by atoms with Gasteiger partial charge in [0.15, 0.2) is 18.9 Å². The van der Waals surface area contributed by atoms with Crippen LogP contribution in [-0.4, -0.2) is 11.7 Å². The summed E-state index contributed by atoms with van der Waals surface area (Å²) in [4.78, 5) is 0. The van der Waals surface area contributed by atoms with Gasteiger partial charge in [-0.1, -0.05) is 0 Å². The van der Waals surface area contributed by atoms with Gasteiger partial charge in [-0.3, -0.25) is 0 Å². The predicted molar refractivity (Wildman–Crippen MR) is 43.1 cm³/mol. The number of halogens is 1. The minimum absolute atomic E-state index is 0. The zero-order valence-electron chi connectivity index (χ0n) is 7.20. The fraction of sp³-hybridized carbons (Fsp3) is 0.444. The van der Waals surface area contributed by atoms with Crippen LogP contribution in [0.2, 0.25) is 0 Å². The minimum atomic E-state index is 0. The Hall–Kier alpha value is -0.600. The van der Waals surface area contributed by atoms with Crippen LogP contribution >= 0.6 is 0 Å². The fourth-order valence-corrected chi connectivity index (χ4v) is 0.934. The highest BCUT2D eigenvalue weighted by Gasteiger charge is 1.96. The first-order valence-electron chi connectivity index (χ1n) is 3.89. The van der Waals surface area contributed by atoms with E-state index in [2.05, 4.69) is 23.6 Å². The van der Waals surface area contributed by atoms with Crippen molar-refractivity contribution in [2.45, 2.75) is 19.9 Å². The van der Waals surface area contributed by atoms with Crippen molar-refractivity contribution >= 4 is 0 Å². The standard InChI is InChI=1S/C9H14NO.ClH/c1-9-3-6-10(7-4-9)5-2-8-11;/h3-4,6-7,11H,2,5,8H2,1H3;1H/q+1;/p-1. The van der Waals surface area contributed by atoms with Gasteiger partial charge in [-0.2, -0.15) is 0 Å². The predicted octanol–water partition coefficient (Wildman–Crippen LogP) is -2.33. The number of aryl methyl sites for hydroxylation is 2. The number of nitrogens with zero attached hydrogens (tertiary/aromatic N) is 1. The molecule has 0 aromatic carbocycles. The van der Waals surface area contributed by atoms with Crippen molar-refractivity contribution in [2.24, 2.45) is 0 Å². The van der Waals surface area contributed by atoms with Gasteiger partial charge in [0.1, 0.15) is 0 Å². The van der Waals surface area contributed by atoms with E-state index in [0.717, 1.165) is 13.0 Å². The maximum Gasteiger partial charge on any atom is 0.169 e. The molecule has 68 valence electrons. The Balaban J connectivity index is 0.00000121. The molecule has 0 aliphatic heterocycles. The van der Waals surface area contributed by atoms with Crippen molar-refractivity contribution in [3.05, 3.63) is 30.1 Å². The van der Waals surface area contributed by atoms with Gasteiger partial charge in [0, 0.05) is 25.2 Å². The largest absolute Gasteiger partial charge is 1.00 e. The summed E-state index contributed by atoms with van der Waals surface area (Å²) in [7, 11) is 0. The molecule has 0 unspecified atom stereocenters. The highest BCUT2D eigenvalue weighted by molar-refractivity contribution is 5.03. The molecule has 0 amide bonds. The Morgan fingerprint density at radius 1 is 1.33 bits per heavy atom. The van der Waals surface area contributed by atoms with Gasteiger partial charge in [-0.05, 0) is 12.5 Å².